The maximum Gasteiger partial charge on any atom is 0.255 e. The van der Waals surface area contributed by atoms with E-state index in [9.17, 15) is 4.79 Å². The highest BCUT2D eigenvalue weighted by Crippen LogP contribution is 2.31. The molecule has 3 aromatic heterocycles. The molecule has 0 spiro atoms. The largest absolute Gasteiger partial charge is 0.339 e. The second-order valence-electron chi connectivity index (χ2n) is 5.43. The van der Waals surface area contributed by atoms with Gasteiger partial charge in [0.25, 0.3) is 5.91 Å². The van der Waals surface area contributed by atoms with Crippen LogP contribution in [-0.4, -0.2) is 33.9 Å². The number of aromatic nitrogens is 2. The normalized spacial score (nSPS) is 14.6. The van der Waals surface area contributed by atoms with Crippen LogP contribution < -0.4 is 0 Å². The first-order chi connectivity index (χ1) is 10.8. The van der Waals surface area contributed by atoms with E-state index in [1.807, 2.05) is 29.2 Å². The fourth-order valence-electron chi connectivity index (χ4n) is 2.76. The zero-order valence-electron chi connectivity index (χ0n) is 12.0. The molecule has 0 aromatic carbocycles. The number of nitrogens with zero attached hydrogens (tertiary/aromatic N) is 3. The number of carbonyl (C=O) groups is 1. The van der Waals surface area contributed by atoms with Gasteiger partial charge in [-0.25, -0.2) is 0 Å². The molecule has 110 valence electrons. The number of carbonyl (C=O) groups excluding carboxylic acids is 1. The first kappa shape index (κ1) is 13.4. The number of fused-ring (bicyclic) bond motifs is 1. The van der Waals surface area contributed by atoms with E-state index in [0.717, 1.165) is 46.7 Å². The third-order valence-corrected chi connectivity index (χ3v) is 5.06. The van der Waals surface area contributed by atoms with Crippen molar-refractivity contribution in [2.75, 3.05) is 13.1 Å². The maximum absolute atomic E-state index is 12.3. The van der Waals surface area contributed by atoms with Crippen LogP contribution in [0.5, 0.6) is 0 Å². The number of amides is 1. The number of hydrogen-bond donors (Lipinski definition) is 0. The molecule has 0 N–H and O–H groups in total. The highest BCUT2D eigenvalue weighted by molar-refractivity contribution is 7.22. The Morgan fingerprint density at radius 2 is 2.00 bits per heavy atom. The van der Waals surface area contributed by atoms with Gasteiger partial charge in [-0.3, -0.25) is 14.8 Å². The number of pyridine rings is 2. The van der Waals surface area contributed by atoms with Crippen LogP contribution in [0.25, 0.3) is 20.8 Å². The molecule has 1 saturated heterocycles. The van der Waals surface area contributed by atoms with Gasteiger partial charge in [0.05, 0.1) is 26.4 Å². The maximum atomic E-state index is 12.3. The van der Waals surface area contributed by atoms with Gasteiger partial charge in [0.1, 0.15) is 0 Å². The molecule has 0 aliphatic carbocycles. The molecule has 0 atom stereocenters. The Hall–Kier alpha value is -2.27. The molecule has 5 heteroatoms. The van der Waals surface area contributed by atoms with E-state index in [4.69, 9.17) is 0 Å². The monoisotopic (exact) mass is 309 g/mol. The van der Waals surface area contributed by atoms with Crippen LogP contribution in [0.15, 0.2) is 42.7 Å². The molecule has 0 radical (unpaired) electrons. The summed E-state index contributed by atoms with van der Waals surface area (Å²) in [6, 6.07) is 9.84. The predicted molar refractivity (Wildman–Crippen MR) is 88.0 cm³/mol. The van der Waals surface area contributed by atoms with Gasteiger partial charge in [-0.2, -0.15) is 0 Å². The lowest BCUT2D eigenvalue weighted by Gasteiger charge is -2.14. The molecule has 1 fully saturated rings. The quantitative estimate of drug-likeness (QED) is 0.726. The summed E-state index contributed by atoms with van der Waals surface area (Å²) < 4.78 is 1.15. The molecule has 22 heavy (non-hydrogen) atoms. The Morgan fingerprint density at radius 1 is 1.14 bits per heavy atom. The minimum Gasteiger partial charge on any atom is -0.339 e. The molecule has 3 aromatic rings. The van der Waals surface area contributed by atoms with Crippen LogP contribution in [0.4, 0.5) is 0 Å². The molecule has 4 heterocycles. The van der Waals surface area contributed by atoms with Gasteiger partial charge in [0.15, 0.2) is 0 Å². The zero-order chi connectivity index (χ0) is 14.9. The molecule has 1 aliphatic heterocycles. The summed E-state index contributed by atoms with van der Waals surface area (Å²) in [4.78, 5) is 24.1. The minimum absolute atomic E-state index is 0.0922. The van der Waals surface area contributed by atoms with E-state index in [1.165, 1.54) is 0 Å². The van der Waals surface area contributed by atoms with E-state index in [-0.39, 0.29) is 5.91 Å². The van der Waals surface area contributed by atoms with Crippen molar-refractivity contribution in [2.24, 2.45) is 0 Å². The number of likely N-dealkylation sites (tertiary alicyclic amines) is 1. The Morgan fingerprint density at radius 3 is 2.73 bits per heavy atom. The summed E-state index contributed by atoms with van der Waals surface area (Å²) in [5.74, 6) is 0.0922. The van der Waals surface area contributed by atoms with Gasteiger partial charge in [-0.1, -0.05) is 0 Å². The van der Waals surface area contributed by atoms with Crippen LogP contribution >= 0.6 is 11.3 Å². The van der Waals surface area contributed by atoms with E-state index in [0.29, 0.717) is 5.56 Å². The average molecular weight is 309 g/mol. The molecular formula is C17H15N3OS. The van der Waals surface area contributed by atoms with Crippen LogP contribution in [0.3, 0.4) is 0 Å². The minimum atomic E-state index is 0.0922. The third-order valence-electron chi connectivity index (χ3n) is 3.94. The van der Waals surface area contributed by atoms with Gasteiger partial charge >= 0.3 is 0 Å². The predicted octanol–water partition coefficient (Wildman–Crippen LogP) is 3.59. The zero-order valence-corrected chi connectivity index (χ0v) is 12.8. The van der Waals surface area contributed by atoms with E-state index in [2.05, 4.69) is 16.0 Å². The van der Waals surface area contributed by atoms with Crippen molar-refractivity contribution in [3.05, 3.63) is 48.3 Å². The molecule has 0 unspecified atom stereocenters. The highest BCUT2D eigenvalue weighted by atomic mass is 32.1. The fourth-order valence-corrected chi connectivity index (χ4v) is 3.76. The molecule has 1 amide bonds. The summed E-state index contributed by atoms with van der Waals surface area (Å²) in [7, 11) is 0. The molecule has 0 saturated carbocycles. The number of rotatable bonds is 2. The van der Waals surface area contributed by atoms with Crippen molar-refractivity contribution in [3.8, 4) is 10.6 Å². The summed E-state index contributed by atoms with van der Waals surface area (Å²) in [6.45, 7) is 1.73. The van der Waals surface area contributed by atoms with Crippen LogP contribution in [0.2, 0.25) is 0 Å². The van der Waals surface area contributed by atoms with E-state index in [1.54, 1.807) is 23.7 Å². The van der Waals surface area contributed by atoms with Crippen molar-refractivity contribution in [2.45, 2.75) is 12.8 Å². The van der Waals surface area contributed by atoms with Crippen LogP contribution in [0, 0.1) is 0 Å². The Labute approximate surface area is 132 Å². The first-order valence-electron chi connectivity index (χ1n) is 7.41. The lowest BCUT2D eigenvalue weighted by molar-refractivity contribution is 0.0792. The van der Waals surface area contributed by atoms with Crippen molar-refractivity contribution in [1.82, 2.24) is 14.9 Å². The van der Waals surface area contributed by atoms with Crippen molar-refractivity contribution in [3.63, 3.8) is 0 Å². The second kappa shape index (κ2) is 5.50. The lowest BCUT2D eigenvalue weighted by Crippen LogP contribution is -2.27. The van der Waals surface area contributed by atoms with Gasteiger partial charge < -0.3 is 4.90 Å². The van der Waals surface area contributed by atoms with Gasteiger partial charge in [0, 0.05) is 25.5 Å². The topological polar surface area (TPSA) is 46.1 Å². The Balaban J connectivity index is 1.62. The average Bonchev–Trinajstić information content (AvgIpc) is 3.23. The number of hydrogen-bond acceptors (Lipinski definition) is 4. The fraction of sp³-hybridized carbons (Fsp3) is 0.235. The van der Waals surface area contributed by atoms with Gasteiger partial charge in [-0.05, 0) is 43.2 Å². The third kappa shape index (κ3) is 2.37. The standard InChI is InChI=1S/C17H15N3OS/c21-17(20-8-1-2-9-20)12-5-6-13(19-11-12)16-10-14-15(22-16)4-3-7-18-14/h3-7,10-11H,1-2,8-9H2. The van der Waals surface area contributed by atoms with Crippen LogP contribution in [-0.2, 0) is 0 Å². The smallest absolute Gasteiger partial charge is 0.255 e. The Bertz CT molecular complexity index is 786. The summed E-state index contributed by atoms with van der Waals surface area (Å²) in [5.41, 5.74) is 2.55. The van der Waals surface area contributed by atoms with Gasteiger partial charge in [0.2, 0.25) is 0 Å². The lowest BCUT2D eigenvalue weighted by atomic mass is 10.2. The van der Waals surface area contributed by atoms with E-state index >= 15 is 0 Å². The summed E-state index contributed by atoms with van der Waals surface area (Å²) >= 11 is 1.67. The first-order valence-corrected chi connectivity index (χ1v) is 8.23. The molecule has 4 nitrogen and oxygen atoms in total. The van der Waals surface area contributed by atoms with Crippen molar-refractivity contribution < 1.29 is 4.79 Å². The van der Waals surface area contributed by atoms with Crippen LogP contribution in [0.1, 0.15) is 23.2 Å². The number of thiophene rings is 1. The molecule has 0 bridgehead atoms. The van der Waals surface area contributed by atoms with E-state index < -0.39 is 0 Å². The molecule has 1 aliphatic rings. The summed E-state index contributed by atoms with van der Waals surface area (Å²) in [5, 5.41) is 0. The molecule has 4 rings (SSSR count). The second-order valence-corrected chi connectivity index (χ2v) is 6.51. The van der Waals surface area contributed by atoms with Gasteiger partial charge in [-0.15, -0.1) is 11.3 Å². The SMILES string of the molecule is O=C(c1ccc(-c2cc3ncccc3s2)nc1)N1CCCC1. The molecular weight excluding hydrogens is 294 g/mol. The summed E-state index contributed by atoms with van der Waals surface area (Å²) in [6.07, 6.45) is 5.69. The Kier molecular flexibility index (Phi) is 3.35. The van der Waals surface area contributed by atoms with Crippen molar-refractivity contribution >= 4 is 27.5 Å². The van der Waals surface area contributed by atoms with Crippen molar-refractivity contribution in [1.29, 1.82) is 0 Å². The highest BCUT2D eigenvalue weighted by Gasteiger charge is 2.19.